The molecule has 134 valence electrons. The van der Waals surface area contributed by atoms with E-state index < -0.39 is 5.91 Å². The summed E-state index contributed by atoms with van der Waals surface area (Å²) in [6.07, 6.45) is 4.69. The highest BCUT2D eigenvalue weighted by Gasteiger charge is 2.13. The molecule has 0 unspecified atom stereocenters. The monoisotopic (exact) mass is 372 g/mol. The maximum atomic E-state index is 12.4. The molecule has 0 bridgehead atoms. The number of pyridine rings is 1. The van der Waals surface area contributed by atoms with Gasteiger partial charge >= 0.3 is 0 Å². The Kier molecular flexibility index (Phi) is 5.09. The number of nitrogens with zero attached hydrogens (tertiary/aromatic N) is 3. The van der Waals surface area contributed by atoms with Crippen LogP contribution in [0.25, 0.3) is 0 Å². The molecule has 2 heterocycles. The summed E-state index contributed by atoms with van der Waals surface area (Å²) in [4.78, 5) is 24.6. The number of ether oxygens (including phenoxy) is 1. The van der Waals surface area contributed by atoms with Crippen molar-refractivity contribution in [1.29, 1.82) is 0 Å². The number of carbonyl (C=O) groups is 1. The summed E-state index contributed by atoms with van der Waals surface area (Å²) in [7, 11) is 3.42. The van der Waals surface area contributed by atoms with Crippen molar-refractivity contribution in [3.8, 4) is 5.75 Å². The van der Waals surface area contributed by atoms with Crippen LogP contribution in [0.4, 0.5) is 5.69 Å². The quantitative estimate of drug-likeness (QED) is 0.746. The Morgan fingerprint density at radius 3 is 2.62 bits per heavy atom. The number of nitrogens with one attached hydrogen (secondary N) is 1. The summed E-state index contributed by atoms with van der Waals surface area (Å²) in [5, 5.41) is 7.31. The SMILES string of the molecule is Cn1cc(NC(=O)c2cc(=O)c(OCc3ccc(Cl)cc3)cn2C)cn1. The summed E-state index contributed by atoms with van der Waals surface area (Å²) < 4.78 is 8.70. The van der Waals surface area contributed by atoms with Crippen LogP contribution < -0.4 is 15.5 Å². The molecule has 1 N–H and O–H groups in total. The van der Waals surface area contributed by atoms with Gasteiger partial charge in [-0.1, -0.05) is 23.7 Å². The number of benzene rings is 1. The lowest BCUT2D eigenvalue weighted by atomic mass is 10.2. The van der Waals surface area contributed by atoms with E-state index in [0.29, 0.717) is 10.7 Å². The fourth-order valence-electron chi connectivity index (χ4n) is 2.36. The van der Waals surface area contributed by atoms with E-state index in [1.165, 1.54) is 18.5 Å². The average Bonchev–Trinajstić information content (AvgIpc) is 3.01. The first-order valence-corrected chi connectivity index (χ1v) is 8.18. The van der Waals surface area contributed by atoms with E-state index in [9.17, 15) is 9.59 Å². The zero-order valence-electron chi connectivity index (χ0n) is 14.3. The van der Waals surface area contributed by atoms with Gasteiger partial charge in [-0.15, -0.1) is 0 Å². The van der Waals surface area contributed by atoms with E-state index in [1.807, 2.05) is 12.1 Å². The van der Waals surface area contributed by atoms with Gasteiger partial charge < -0.3 is 14.6 Å². The van der Waals surface area contributed by atoms with Crippen LogP contribution in [0.15, 0.2) is 53.7 Å². The molecule has 8 heteroatoms. The Hall–Kier alpha value is -3.06. The van der Waals surface area contributed by atoms with Gasteiger partial charge in [0.1, 0.15) is 12.3 Å². The minimum atomic E-state index is -0.401. The minimum Gasteiger partial charge on any atom is -0.483 e. The second-order valence-corrected chi connectivity index (χ2v) is 6.21. The normalized spacial score (nSPS) is 10.6. The van der Waals surface area contributed by atoms with Crippen molar-refractivity contribution >= 4 is 23.2 Å². The number of aryl methyl sites for hydroxylation is 2. The molecule has 3 aromatic rings. The standard InChI is InChI=1S/C18H17ClN4O3/c1-22-10-17(26-11-12-3-5-13(19)6-4-12)16(24)7-15(22)18(25)21-14-8-20-23(2)9-14/h3-10H,11H2,1-2H3,(H,21,25). The number of amides is 1. The van der Waals surface area contributed by atoms with Gasteiger partial charge in [0.2, 0.25) is 5.43 Å². The number of hydrogen-bond donors (Lipinski definition) is 1. The zero-order valence-corrected chi connectivity index (χ0v) is 15.0. The average molecular weight is 373 g/mol. The van der Waals surface area contributed by atoms with Crippen LogP contribution >= 0.6 is 11.6 Å². The largest absolute Gasteiger partial charge is 0.483 e. The van der Waals surface area contributed by atoms with Gasteiger partial charge in [-0.3, -0.25) is 14.3 Å². The number of hydrogen-bond acceptors (Lipinski definition) is 4. The van der Waals surface area contributed by atoms with Gasteiger partial charge in [-0.25, -0.2) is 0 Å². The molecule has 0 fully saturated rings. The fourth-order valence-corrected chi connectivity index (χ4v) is 2.49. The van der Waals surface area contributed by atoms with Crippen molar-refractivity contribution in [2.24, 2.45) is 14.1 Å². The van der Waals surface area contributed by atoms with Crippen molar-refractivity contribution in [2.75, 3.05) is 5.32 Å². The topological polar surface area (TPSA) is 78.1 Å². The van der Waals surface area contributed by atoms with E-state index in [4.69, 9.17) is 16.3 Å². The molecular formula is C18H17ClN4O3. The van der Waals surface area contributed by atoms with Gasteiger partial charge in [0, 0.05) is 31.4 Å². The Morgan fingerprint density at radius 1 is 1.23 bits per heavy atom. The molecule has 7 nitrogen and oxygen atoms in total. The molecule has 0 radical (unpaired) electrons. The molecule has 1 amide bonds. The van der Waals surface area contributed by atoms with Crippen LogP contribution in [0.2, 0.25) is 5.02 Å². The van der Waals surface area contributed by atoms with Crippen molar-refractivity contribution in [1.82, 2.24) is 14.3 Å². The van der Waals surface area contributed by atoms with Crippen LogP contribution in [0.3, 0.4) is 0 Å². The van der Waals surface area contributed by atoms with Crippen LogP contribution in [-0.2, 0) is 20.7 Å². The molecule has 0 aliphatic rings. The molecule has 3 rings (SSSR count). The lowest BCUT2D eigenvalue weighted by molar-refractivity contribution is 0.101. The lowest BCUT2D eigenvalue weighted by Crippen LogP contribution is -2.21. The highest BCUT2D eigenvalue weighted by Crippen LogP contribution is 2.13. The van der Waals surface area contributed by atoms with E-state index in [2.05, 4.69) is 10.4 Å². The molecule has 0 aliphatic carbocycles. The Labute approximate surface area is 154 Å². The maximum Gasteiger partial charge on any atom is 0.272 e. The van der Waals surface area contributed by atoms with Crippen molar-refractivity contribution in [3.05, 3.63) is 75.4 Å². The predicted octanol–water partition coefficient (Wildman–Crippen LogP) is 2.60. The fraction of sp³-hybridized carbons (Fsp3) is 0.167. The number of halogens is 1. The van der Waals surface area contributed by atoms with Gasteiger partial charge in [0.25, 0.3) is 5.91 Å². The van der Waals surface area contributed by atoms with Gasteiger partial charge in [-0.05, 0) is 17.7 Å². The zero-order chi connectivity index (χ0) is 18.7. The van der Waals surface area contributed by atoms with Crippen LogP contribution in [0, 0.1) is 0 Å². The highest BCUT2D eigenvalue weighted by atomic mass is 35.5. The second kappa shape index (κ2) is 7.45. The summed E-state index contributed by atoms with van der Waals surface area (Å²) in [5.74, 6) is -0.234. The van der Waals surface area contributed by atoms with E-state index in [0.717, 1.165) is 5.56 Å². The number of carbonyl (C=O) groups excluding carboxylic acids is 1. The highest BCUT2D eigenvalue weighted by molar-refractivity contribution is 6.30. The van der Waals surface area contributed by atoms with E-state index in [1.54, 1.807) is 41.7 Å². The first-order chi connectivity index (χ1) is 12.4. The maximum absolute atomic E-state index is 12.4. The molecule has 0 atom stereocenters. The summed E-state index contributed by atoms with van der Waals surface area (Å²) in [5.41, 5.74) is 1.29. The number of anilines is 1. The minimum absolute atomic E-state index is 0.167. The summed E-state index contributed by atoms with van der Waals surface area (Å²) >= 11 is 5.84. The Bertz CT molecular complexity index is 992. The molecule has 0 saturated carbocycles. The molecule has 0 aliphatic heterocycles. The lowest BCUT2D eigenvalue weighted by Gasteiger charge is -2.11. The second-order valence-electron chi connectivity index (χ2n) is 5.77. The molecular weight excluding hydrogens is 356 g/mol. The molecule has 26 heavy (non-hydrogen) atoms. The van der Waals surface area contributed by atoms with E-state index in [-0.39, 0.29) is 23.5 Å². The van der Waals surface area contributed by atoms with Gasteiger partial charge in [0.05, 0.1) is 18.1 Å². The van der Waals surface area contributed by atoms with Crippen molar-refractivity contribution < 1.29 is 9.53 Å². The summed E-state index contributed by atoms with van der Waals surface area (Å²) in [6, 6.07) is 8.41. The van der Waals surface area contributed by atoms with Crippen molar-refractivity contribution in [3.63, 3.8) is 0 Å². The third kappa shape index (κ3) is 4.12. The van der Waals surface area contributed by atoms with Gasteiger partial charge in [-0.2, -0.15) is 5.10 Å². The van der Waals surface area contributed by atoms with Crippen molar-refractivity contribution in [2.45, 2.75) is 6.61 Å². The molecule has 0 saturated heterocycles. The Balaban J connectivity index is 1.74. The summed E-state index contributed by atoms with van der Waals surface area (Å²) in [6.45, 7) is 0.230. The predicted molar refractivity (Wildman–Crippen MR) is 98.6 cm³/mol. The van der Waals surface area contributed by atoms with E-state index >= 15 is 0 Å². The number of rotatable bonds is 5. The van der Waals surface area contributed by atoms with Crippen LogP contribution in [-0.4, -0.2) is 20.3 Å². The molecule has 0 spiro atoms. The van der Waals surface area contributed by atoms with Crippen LogP contribution in [0.1, 0.15) is 16.1 Å². The third-order valence-electron chi connectivity index (χ3n) is 3.70. The molecule has 2 aromatic heterocycles. The molecule has 1 aromatic carbocycles. The smallest absolute Gasteiger partial charge is 0.272 e. The number of aromatic nitrogens is 3. The van der Waals surface area contributed by atoms with Gasteiger partial charge in [0.15, 0.2) is 5.75 Å². The first-order valence-electron chi connectivity index (χ1n) is 7.80. The third-order valence-corrected chi connectivity index (χ3v) is 3.96. The first kappa shape index (κ1) is 17.8. The Morgan fingerprint density at radius 2 is 1.96 bits per heavy atom. The van der Waals surface area contributed by atoms with Crippen LogP contribution in [0.5, 0.6) is 5.75 Å².